The van der Waals surface area contributed by atoms with Crippen molar-refractivity contribution in [1.82, 2.24) is 15.1 Å². The predicted octanol–water partition coefficient (Wildman–Crippen LogP) is 3.42. The number of benzene rings is 1. The van der Waals surface area contributed by atoms with Crippen LogP contribution in [0.1, 0.15) is 41.9 Å². The molecule has 20 heavy (non-hydrogen) atoms. The number of rotatable bonds is 5. The minimum absolute atomic E-state index is 0.192. The maximum Gasteiger partial charge on any atom is 0.123 e. The molecule has 0 spiro atoms. The molecule has 1 aromatic carbocycles. The second-order valence-corrected chi connectivity index (χ2v) is 5.17. The van der Waals surface area contributed by atoms with E-state index >= 15 is 0 Å². The van der Waals surface area contributed by atoms with Crippen molar-refractivity contribution in [2.45, 2.75) is 39.8 Å². The number of halogens is 1. The van der Waals surface area contributed by atoms with E-state index in [4.69, 9.17) is 0 Å². The van der Waals surface area contributed by atoms with Crippen LogP contribution in [0.25, 0.3) is 0 Å². The molecule has 1 N–H and O–H groups in total. The highest BCUT2D eigenvalue weighted by molar-refractivity contribution is 5.25. The molecule has 1 atom stereocenters. The largest absolute Gasteiger partial charge is 0.306 e. The lowest BCUT2D eigenvalue weighted by Crippen LogP contribution is -2.21. The summed E-state index contributed by atoms with van der Waals surface area (Å²) in [5.74, 6) is -0.192. The molecule has 0 aliphatic heterocycles. The van der Waals surface area contributed by atoms with Gasteiger partial charge >= 0.3 is 0 Å². The molecule has 1 unspecified atom stereocenters. The Morgan fingerprint density at radius 2 is 1.90 bits per heavy atom. The van der Waals surface area contributed by atoms with Crippen LogP contribution in [0.4, 0.5) is 4.39 Å². The molecule has 0 bridgehead atoms. The van der Waals surface area contributed by atoms with Gasteiger partial charge in [-0.25, -0.2) is 4.39 Å². The monoisotopic (exact) mass is 275 g/mol. The topological polar surface area (TPSA) is 29.9 Å². The molecule has 0 radical (unpaired) electrons. The fraction of sp³-hybridized carbons (Fsp3) is 0.438. The summed E-state index contributed by atoms with van der Waals surface area (Å²) in [5, 5.41) is 7.97. The van der Waals surface area contributed by atoms with Crippen molar-refractivity contribution in [3.8, 4) is 0 Å². The van der Waals surface area contributed by atoms with E-state index in [1.165, 1.54) is 23.4 Å². The Hall–Kier alpha value is -1.68. The smallest absolute Gasteiger partial charge is 0.123 e. The standard InChI is InChI=1S/C16H22FN3/c1-5-16(13-6-8-14(17)9-7-13)18-10-15-11(2)19-20(4)12(15)3/h6-9,16,18H,5,10H2,1-4H3. The highest BCUT2D eigenvalue weighted by Crippen LogP contribution is 2.19. The Morgan fingerprint density at radius 3 is 2.40 bits per heavy atom. The third kappa shape index (κ3) is 3.07. The van der Waals surface area contributed by atoms with Gasteiger partial charge in [0.2, 0.25) is 0 Å². The van der Waals surface area contributed by atoms with E-state index in [0.717, 1.165) is 24.2 Å². The van der Waals surface area contributed by atoms with Crippen molar-refractivity contribution in [2.24, 2.45) is 7.05 Å². The van der Waals surface area contributed by atoms with Gasteiger partial charge in [0.25, 0.3) is 0 Å². The van der Waals surface area contributed by atoms with Crippen molar-refractivity contribution in [3.63, 3.8) is 0 Å². The van der Waals surface area contributed by atoms with Gasteiger partial charge < -0.3 is 5.32 Å². The molecule has 1 aromatic heterocycles. The van der Waals surface area contributed by atoms with Gasteiger partial charge in [0, 0.05) is 30.9 Å². The van der Waals surface area contributed by atoms with Crippen LogP contribution in [-0.4, -0.2) is 9.78 Å². The zero-order valence-corrected chi connectivity index (χ0v) is 12.6. The van der Waals surface area contributed by atoms with E-state index in [2.05, 4.69) is 24.3 Å². The number of aromatic nitrogens is 2. The lowest BCUT2D eigenvalue weighted by Gasteiger charge is -2.17. The first kappa shape index (κ1) is 14.7. The summed E-state index contributed by atoms with van der Waals surface area (Å²) < 4.78 is 14.9. The van der Waals surface area contributed by atoms with Crippen LogP contribution in [0.15, 0.2) is 24.3 Å². The van der Waals surface area contributed by atoms with Gasteiger partial charge in [0.15, 0.2) is 0 Å². The minimum Gasteiger partial charge on any atom is -0.306 e. The molecular formula is C16H22FN3. The third-order valence-corrected chi connectivity index (χ3v) is 3.86. The molecule has 0 amide bonds. The Bertz CT molecular complexity index is 572. The fourth-order valence-electron chi connectivity index (χ4n) is 2.49. The maximum absolute atomic E-state index is 13.0. The Morgan fingerprint density at radius 1 is 1.25 bits per heavy atom. The van der Waals surface area contributed by atoms with Crippen LogP contribution in [0, 0.1) is 19.7 Å². The van der Waals surface area contributed by atoms with Crippen LogP contribution < -0.4 is 5.32 Å². The second kappa shape index (κ2) is 6.18. The molecule has 0 aliphatic carbocycles. The lowest BCUT2D eigenvalue weighted by atomic mass is 10.0. The first-order valence-corrected chi connectivity index (χ1v) is 7.00. The van der Waals surface area contributed by atoms with Gasteiger partial charge in [-0.15, -0.1) is 0 Å². The summed E-state index contributed by atoms with van der Waals surface area (Å²) in [5.41, 5.74) is 4.61. The molecular weight excluding hydrogens is 253 g/mol. The summed E-state index contributed by atoms with van der Waals surface area (Å²) in [7, 11) is 1.96. The van der Waals surface area contributed by atoms with Gasteiger partial charge in [0.1, 0.15) is 5.82 Å². The van der Waals surface area contributed by atoms with Crippen LogP contribution in [0.3, 0.4) is 0 Å². The molecule has 1 heterocycles. The highest BCUT2D eigenvalue weighted by Gasteiger charge is 2.13. The van der Waals surface area contributed by atoms with E-state index in [-0.39, 0.29) is 11.9 Å². The molecule has 4 heteroatoms. The zero-order chi connectivity index (χ0) is 14.7. The molecule has 2 aromatic rings. The molecule has 2 rings (SSSR count). The average Bonchev–Trinajstić information content (AvgIpc) is 2.67. The SMILES string of the molecule is CCC(NCc1c(C)nn(C)c1C)c1ccc(F)cc1. The van der Waals surface area contributed by atoms with Gasteiger partial charge in [-0.1, -0.05) is 19.1 Å². The first-order valence-electron chi connectivity index (χ1n) is 7.00. The Kier molecular flexibility index (Phi) is 4.55. The van der Waals surface area contributed by atoms with Crippen molar-refractivity contribution in [1.29, 1.82) is 0 Å². The predicted molar refractivity (Wildman–Crippen MR) is 79.0 cm³/mol. The molecule has 108 valence electrons. The fourth-order valence-corrected chi connectivity index (χ4v) is 2.49. The number of aryl methyl sites for hydroxylation is 2. The Labute approximate surface area is 119 Å². The molecule has 0 saturated heterocycles. The number of hydrogen-bond acceptors (Lipinski definition) is 2. The van der Waals surface area contributed by atoms with E-state index in [1.807, 2.05) is 30.8 Å². The van der Waals surface area contributed by atoms with Crippen LogP contribution >= 0.6 is 0 Å². The van der Waals surface area contributed by atoms with Crippen molar-refractivity contribution in [3.05, 3.63) is 52.6 Å². The molecule has 3 nitrogen and oxygen atoms in total. The van der Waals surface area contributed by atoms with Crippen molar-refractivity contribution >= 4 is 0 Å². The summed E-state index contributed by atoms with van der Waals surface area (Å²) in [4.78, 5) is 0. The normalized spacial score (nSPS) is 12.7. The van der Waals surface area contributed by atoms with Gasteiger partial charge in [-0.2, -0.15) is 5.10 Å². The minimum atomic E-state index is -0.192. The number of nitrogens with one attached hydrogen (secondary N) is 1. The summed E-state index contributed by atoms with van der Waals surface area (Å²) in [6, 6.07) is 6.95. The highest BCUT2D eigenvalue weighted by atomic mass is 19.1. The second-order valence-electron chi connectivity index (χ2n) is 5.17. The lowest BCUT2D eigenvalue weighted by molar-refractivity contribution is 0.515. The zero-order valence-electron chi connectivity index (χ0n) is 12.6. The van der Waals surface area contributed by atoms with Gasteiger partial charge in [-0.3, -0.25) is 4.68 Å². The van der Waals surface area contributed by atoms with E-state index in [1.54, 1.807) is 0 Å². The molecule has 0 fully saturated rings. The van der Waals surface area contributed by atoms with E-state index in [9.17, 15) is 4.39 Å². The summed E-state index contributed by atoms with van der Waals surface area (Å²) in [6.07, 6.45) is 0.962. The first-order chi connectivity index (χ1) is 9.52. The number of hydrogen-bond donors (Lipinski definition) is 1. The average molecular weight is 275 g/mol. The van der Waals surface area contributed by atoms with Gasteiger partial charge in [0.05, 0.1) is 5.69 Å². The van der Waals surface area contributed by atoms with Crippen molar-refractivity contribution < 1.29 is 4.39 Å². The van der Waals surface area contributed by atoms with Crippen LogP contribution in [-0.2, 0) is 13.6 Å². The van der Waals surface area contributed by atoms with Crippen LogP contribution in [0.2, 0.25) is 0 Å². The summed E-state index contributed by atoms with van der Waals surface area (Å²) >= 11 is 0. The van der Waals surface area contributed by atoms with Gasteiger partial charge in [-0.05, 0) is 38.0 Å². The number of nitrogens with zero attached hydrogens (tertiary/aromatic N) is 2. The van der Waals surface area contributed by atoms with Crippen molar-refractivity contribution in [2.75, 3.05) is 0 Å². The third-order valence-electron chi connectivity index (χ3n) is 3.86. The Balaban J connectivity index is 2.09. The van der Waals surface area contributed by atoms with E-state index < -0.39 is 0 Å². The maximum atomic E-state index is 13.0. The van der Waals surface area contributed by atoms with Crippen LogP contribution in [0.5, 0.6) is 0 Å². The summed E-state index contributed by atoms with van der Waals surface area (Å²) in [6.45, 7) is 7.02. The molecule has 0 aliphatic rings. The quantitative estimate of drug-likeness (QED) is 0.906. The molecule has 0 saturated carbocycles. The van der Waals surface area contributed by atoms with E-state index in [0.29, 0.717) is 0 Å².